The van der Waals surface area contributed by atoms with Crippen LogP contribution in [0.2, 0.25) is 0 Å². The van der Waals surface area contributed by atoms with Crippen LogP contribution in [0.5, 0.6) is 0 Å². The molecule has 4 aromatic rings. The minimum absolute atomic E-state index is 0.00291. The molecule has 10 heteroatoms. The van der Waals surface area contributed by atoms with Crippen molar-refractivity contribution in [1.82, 2.24) is 29.6 Å². The first kappa shape index (κ1) is 18.7. The summed E-state index contributed by atoms with van der Waals surface area (Å²) in [7, 11) is 0. The van der Waals surface area contributed by atoms with Crippen LogP contribution in [0.3, 0.4) is 0 Å². The van der Waals surface area contributed by atoms with Crippen molar-refractivity contribution < 1.29 is 9.32 Å². The third-order valence-electron chi connectivity index (χ3n) is 5.39. The standard InChI is InChI=1S/C20H20N6O3S/c1-11-5-7-30-16(11)20(28)25-6-3-4-13(10-25)17-22-19(29-24-17)14-8-15-18(27)21-12(2)9-26(15)23-14/h5,7-9,13H,3-4,6,10H2,1-2H3,(H,21,27)/t13-/m1/s1. The first-order valence-electron chi connectivity index (χ1n) is 9.76. The summed E-state index contributed by atoms with van der Waals surface area (Å²) in [6, 6.07) is 3.60. The highest BCUT2D eigenvalue weighted by atomic mass is 32.1. The summed E-state index contributed by atoms with van der Waals surface area (Å²) < 4.78 is 6.95. The molecule has 1 atom stereocenters. The van der Waals surface area contributed by atoms with Gasteiger partial charge in [0.2, 0.25) is 0 Å². The number of carbonyl (C=O) groups excluding carboxylic acids is 1. The Kier molecular flexibility index (Phi) is 4.50. The van der Waals surface area contributed by atoms with Gasteiger partial charge in [-0.3, -0.25) is 9.59 Å². The van der Waals surface area contributed by atoms with E-state index in [0.717, 1.165) is 29.8 Å². The smallest absolute Gasteiger partial charge is 0.278 e. The van der Waals surface area contributed by atoms with Gasteiger partial charge in [-0.05, 0) is 43.7 Å². The van der Waals surface area contributed by atoms with Crippen LogP contribution in [0.1, 0.15) is 45.5 Å². The Morgan fingerprint density at radius 1 is 1.37 bits per heavy atom. The Bertz CT molecular complexity index is 1300. The molecule has 4 aromatic heterocycles. The summed E-state index contributed by atoms with van der Waals surface area (Å²) >= 11 is 1.47. The summed E-state index contributed by atoms with van der Waals surface area (Å²) in [5, 5.41) is 10.5. The van der Waals surface area contributed by atoms with Crippen molar-refractivity contribution >= 4 is 22.8 Å². The van der Waals surface area contributed by atoms with Crippen molar-refractivity contribution in [2.75, 3.05) is 13.1 Å². The van der Waals surface area contributed by atoms with E-state index in [1.54, 1.807) is 19.2 Å². The first-order valence-corrected chi connectivity index (χ1v) is 10.6. The van der Waals surface area contributed by atoms with E-state index in [-0.39, 0.29) is 23.3 Å². The molecule has 1 aliphatic rings. The lowest BCUT2D eigenvalue weighted by atomic mass is 9.97. The van der Waals surface area contributed by atoms with Gasteiger partial charge >= 0.3 is 0 Å². The first-order chi connectivity index (χ1) is 14.5. The van der Waals surface area contributed by atoms with E-state index in [0.29, 0.717) is 29.3 Å². The van der Waals surface area contributed by atoms with Crippen molar-refractivity contribution in [1.29, 1.82) is 0 Å². The Morgan fingerprint density at radius 2 is 2.23 bits per heavy atom. The maximum absolute atomic E-state index is 12.9. The van der Waals surface area contributed by atoms with Crippen LogP contribution in [0, 0.1) is 13.8 Å². The molecule has 0 unspecified atom stereocenters. The van der Waals surface area contributed by atoms with Gasteiger partial charge in [-0.25, -0.2) is 4.52 Å². The van der Waals surface area contributed by atoms with Crippen LogP contribution in [0.4, 0.5) is 0 Å². The molecule has 1 aliphatic heterocycles. The maximum atomic E-state index is 12.9. The van der Waals surface area contributed by atoms with Crippen LogP contribution in [-0.2, 0) is 0 Å². The van der Waals surface area contributed by atoms with Crippen molar-refractivity contribution in [3.63, 3.8) is 0 Å². The lowest BCUT2D eigenvalue weighted by Gasteiger charge is -2.31. The predicted octanol–water partition coefficient (Wildman–Crippen LogP) is 2.77. The monoisotopic (exact) mass is 424 g/mol. The lowest BCUT2D eigenvalue weighted by molar-refractivity contribution is 0.0708. The number of hydrogen-bond donors (Lipinski definition) is 1. The van der Waals surface area contributed by atoms with Crippen LogP contribution in [-0.4, -0.2) is 48.6 Å². The highest BCUT2D eigenvalue weighted by molar-refractivity contribution is 7.12. The summed E-state index contributed by atoms with van der Waals surface area (Å²) in [6.45, 7) is 5.03. The third-order valence-corrected chi connectivity index (χ3v) is 6.39. The molecular formula is C20H20N6O3S. The fourth-order valence-electron chi connectivity index (χ4n) is 3.84. The molecule has 30 heavy (non-hydrogen) atoms. The number of H-pyrrole nitrogens is 1. The number of carbonyl (C=O) groups is 1. The Hall–Kier alpha value is -3.27. The number of amides is 1. The van der Waals surface area contributed by atoms with Gasteiger partial charge in [0, 0.05) is 37.0 Å². The molecule has 0 saturated carbocycles. The molecule has 1 N–H and O–H groups in total. The Morgan fingerprint density at radius 3 is 3.03 bits per heavy atom. The molecule has 5 rings (SSSR count). The molecule has 1 fully saturated rings. The van der Waals surface area contributed by atoms with E-state index in [4.69, 9.17) is 4.52 Å². The fourth-order valence-corrected chi connectivity index (χ4v) is 4.73. The van der Waals surface area contributed by atoms with Gasteiger partial charge in [0.05, 0.1) is 4.88 Å². The fraction of sp³-hybridized carbons (Fsp3) is 0.350. The molecule has 0 bridgehead atoms. The summed E-state index contributed by atoms with van der Waals surface area (Å²) in [6.07, 6.45) is 3.50. The zero-order valence-electron chi connectivity index (χ0n) is 16.6. The molecule has 0 spiro atoms. The van der Waals surface area contributed by atoms with Crippen LogP contribution < -0.4 is 5.56 Å². The SMILES string of the molecule is Cc1cn2nc(-c3nc([C@@H]4CCCN(C(=O)c5sccc5C)C4)no3)cc2c(=O)[nH]1. The maximum Gasteiger partial charge on any atom is 0.278 e. The number of fused-ring (bicyclic) bond motifs is 1. The highest BCUT2D eigenvalue weighted by Gasteiger charge is 2.30. The summed E-state index contributed by atoms with van der Waals surface area (Å²) in [5.74, 6) is 0.893. The molecule has 5 heterocycles. The predicted molar refractivity (Wildman–Crippen MR) is 111 cm³/mol. The number of nitrogens with zero attached hydrogens (tertiary/aromatic N) is 5. The second-order valence-corrected chi connectivity index (χ2v) is 8.52. The molecule has 9 nitrogen and oxygen atoms in total. The summed E-state index contributed by atoms with van der Waals surface area (Å²) in [5.41, 5.74) is 2.35. The topological polar surface area (TPSA) is 109 Å². The summed E-state index contributed by atoms with van der Waals surface area (Å²) in [4.78, 5) is 34.9. The van der Waals surface area contributed by atoms with Gasteiger partial charge in [0.25, 0.3) is 17.4 Å². The molecule has 1 saturated heterocycles. The molecule has 0 radical (unpaired) electrons. The normalized spacial score (nSPS) is 17.0. The average molecular weight is 424 g/mol. The number of thiophene rings is 1. The van der Waals surface area contributed by atoms with E-state index in [2.05, 4.69) is 20.2 Å². The number of rotatable bonds is 3. The van der Waals surface area contributed by atoms with E-state index < -0.39 is 0 Å². The number of piperidine rings is 1. The highest BCUT2D eigenvalue weighted by Crippen LogP contribution is 2.29. The second-order valence-electron chi connectivity index (χ2n) is 7.61. The number of likely N-dealkylation sites (tertiary alicyclic amines) is 1. The van der Waals surface area contributed by atoms with Gasteiger partial charge in [0.1, 0.15) is 5.52 Å². The lowest BCUT2D eigenvalue weighted by Crippen LogP contribution is -2.39. The van der Waals surface area contributed by atoms with Crippen molar-refractivity contribution in [3.05, 3.63) is 56.0 Å². The Labute approximate surface area is 175 Å². The largest absolute Gasteiger partial charge is 0.337 e. The quantitative estimate of drug-likeness (QED) is 0.542. The van der Waals surface area contributed by atoms with Gasteiger partial charge in [-0.1, -0.05) is 5.16 Å². The van der Waals surface area contributed by atoms with Crippen molar-refractivity contribution in [2.24, 2.45) is 0 Å². The molecule has 0 aromatic carbocycles. The average Bonchev–Trinajstić information content (AvgIpc) is 3.46. The molecule has 154 valence electrons. The van der Waals surface area contributed by atoms with Crippen molar-refractivity contribution in [3.8, 4) is 11.6 Å². The number of aryl methyl sites for hydroxylation is 2. The van der Waals surface area contributed by atoms with E-state index >= 15 is 0 Å². The van der Waals surface area contributed by atoms with Gasteiger partial charge in [-0.15, -0.1) is 11.3 Å². The number of nitrogens with one attached hydrogen (secondary N) is 1. The zero-order chi connectivity index (χ0) is 20.8. The van der Waals surface area contributed by atoms with Gasteiger partial charge < -0.3 is 14.4 Å². The zero-order valence-corrected chi connectivity index (χ0v) is 17.4. The van der Waals surface area contributed by atoms with Crippen molar-refractivity contribution in [2.45, 2.75) is 32.6 Å². The molecule has 1 amide bonds. The van der Waals surface area contributed by atoms with E-state index in [1.165, 1.54) is 15.9 Å². The number of hydrogen-bond acceptors (Lipinski definition) is 7. The van der Waals surface area contributed by atoms with Gasteiger partial charge in [-0.2, -0.15) is 10.1 Å². The van der Waals surface area contributed by atoms with Crippen LogP contribution >= 0.6 is 11.3 Å². The Balaban J connectivity index is 1.39. The third kappa shape index (κ3) is 3.22. The molecule has 0 aliphatic carbocycles. The van der Waals surface area contributed by atoms with Crippen LogP contribution in [0.25, 0.3) is 17.1 Å². The minimum Gasteiger partial charge on any atom is -0.337 e. The second kappa shape index (κ2) is 7.21. The van der Waals surface area contributed by atoms with Gasteiger partial charge in [0.15, 0.2) is 11.5 Å². The van der Waals surface area contributed by atoms with E-state index in [1.807, 2.05) is 23.3 Å². The minimum atomic E-state index is -0.223. The van der Waals surface area contributed by atoms with Crippen LogP contribution in [0.15, 0.2) is 33.0 Å². The van der Waals surface area contributed by atoms with E-state index in [9.17, 15) is 9.59 Å². The molecular weight excluding hydrogens is 404 g/mol. The number of aromatic amines is 1. The number of aromatic nitrogens is 5.